The molecule has 156 valence electrons. The molecular formula is C23H26N4O3. The molecule has 2 aromatic carbocycles. The quantitative estimate of drug-likeness (QED) is 0.449. The molecule has 1 aromatic heterocycles. The van der Waals surface area contributed by atoms with Crippen molar-refractivity contribution in [1.82, 2.24) is 15.6 Å². The minimum absolute atomic E-state index is 0.219. The van der Waals surface area contributed by atoms with Gasteiger partial charge in [-0.2, -0.15) is 0 Å². The third-order valence-corrected chi connectivity index (χ3v) is 4.75. The Labute approximate surface area is 175 Å². The zero-order chi connectivity index (χ0) is 21.2. The van der Waals surface area contributed by atoms with Crippen LogP contribution in [-0.4, -0.2) is 29.6 Å². The van der Waals surface area contributed by atoms with E-state index >= 15 is 0 Å². The van der Waals surface area contributed by atoms with Gasteiger partial charge in [0.15, 0.2) is 0 Å². The van der Waals surface area contributed by atoms with Crippen LogP contribution in [0.5, 0.6) is 0 Å². The molecule has 0 bridgehead atoms. The van der Waals surface area contributed by atoms with Gasteiger partial charge in [0.1, 0.15) is 6.61 Å². The van der Waals surface area contributed by atoms with Crippen LogP contribution < -0.4 is 16.4 Å². The van der Waals surface area contributed by atoms with Crippen LogP contribution in [0.25, 0.3) is 10.9 Å². The minimum Gasteiger partial charge on any atom is -0.445 e. The number of hydrogen-bond donors (Lipinski definition) is 3. The van der Waals surface area contributed by atoms with Crippen molar-refractivity contribution in [3.63, 3.8) is 0 Å². The fourth-order valence-corrected chi connectivity index (χ4v) is 3.16. The van der Waals surface area contributed by atoms with Gasteiger partial charge in [-0.3, -0.25) is 9.78 Å². The molecule has 0 saturated carbocycles. The molecule has 7 heteroatoms. The van der Waals surface area contributed by atoms with E-state index in [0.29, 0.717) is 25.9 Å². The largest absolute Gasteiger partial charge is 0.445 e. The number of nitrogens with two attached hydrogens (primary N) is 1. The fraction of sp³-hybridized carbons (Fsp3) is 0.261. The number of para-hydroxylation sites is 1. The van der Waals surface area contributed by atoms with Crippen molar-refractivity contribution < 1.29 is 14.3 Å². The summed E-state index contributed by atoms with van der Waals surface area (Å²) in [5, 5.41) is 6.94. The van der Waals surface area contributed by atoms with Gasteiger partial charge < -0.3 is 21.1 Å². The summed E-state index contributed by atoms with van der Waals surface area (Å²) in [4.78, 5) is 28.0. The van der Waals surface area contributed by atoms with Crippen LogP contribution in [0, 0.1) is 0 Å². The van der Waals surface area contributed by atoms with Crippen molar-refractivity contribution in [2.75, 3.05) is 6.54 Å². The van der Waals surface area contributed by atoms with E-state index in [9.17, 15) is 9.59 Å². The first-order chi connectivity index (χ1) is 14.6. The predicted molar refractivity (Wildman–Crippen MR) is 115 cm³/mol. The molecule has 0 fully saturated rings. The Hall–Kier alpha value is -3.45. The van der Waals surface area contributed by atoms with Crippen LogP contribution in [0.1, 0.15) is 24.0 Å². The highest BCUT2D eigenvalue weighted by Gasteiger charge is 2.15. The van der Waals surface area contributed by atoms with E-state index in [1.807, 2.05) is 60.7 Å². The molecule has 0 aliphatic rings. The SMILES string of the molecule is NC(=O)[C@H](CCCNC(=O)OCc1ccccc1)NCc1cccc2cccnc12. The first-order valence-corrected chi connectivity index (χ1v) is 9.93. The molecule has 2 amide bonds. The number of alkyl carbamates (subject to hydrolysis) is 1. The van der Waals surface area contributed by atoms with E-state index < -0.39 is 18.0 Å². The average molecular weight is 406 g/mol. The van der Waals surface area contributed by atoms with Crippen LogP contribution in [0.2, 0.25) is 0 Å². The van der Waals surface area contributed by atoms with E-state index in [1.54, 1.807) is 6.20 Å². The van der Waals surface area contributed by atoms with Gasteiger partial charge in [-0.25, -0.2) is 4.79 Å². The molecule has 7 nitrogen and oxygen atoms in total. The van der Waals surface area contributed by atoms with Gasteiger partial charge in [-0.1, -0.05) is 54.6 Å². The number of nitrogens with zero attached hydrogens (tertiary/aromatic N) is 1. The van der Waals surface area contributed by atoms with Crippen molar-refractivity contribution in [2.24, 2.45) is 5.73 Å². The van der Waals surface area contributed by atoms with Crippen LogP contribution in [0.3, 0.4) is 0 Å². The Morgan fingerprint density at radius 1 is 1.03 bits per heavy atom. The molecule has 1 atom stereocenters. The van der Waals surface area contributed by atoms with Gasteiger partial charge in [0.2, 0.25) is 5.91 Å². The monoisotopic (exact) mass is 406 g/mol. The lowest BCUT2D eigenvalue weighted by molar-refractivity contribution is -0.120. The lowest BCUT2D eigenvalue weighted by Crippen LogP contribution is -2.41. The standard InChI is InChI=1S/C23H26N4O3/c24-22(28)20(27-15-19-10-4-9-18-11-5-13-25-21(18)19)12-6-14-26-23(29)30-16-17-7-2-1-3-8-17/h1-5,7-11,13,20,27H,6,12,14-16H2,(H2,24,28)(H,26,29)/t20-/m0/s1. The van der Waals surface area contributed by atoms with E-state index in [-0.39, 0.29) is 6.61 Å². The zero-order valence-corrected chi connectivity index (χ0v) is 16.7. The number of carbonyl (C=O) groups is 2. The molecule has 0 radical (unpaired) electrons. The molecule has 0 spiro atoms. The smallest absolute Gasteiger partial charge is 0.407 e. The third kappa shape index (κ3) is 6.28. The minimum atomic E-state index is -0.494. The van der Waals surface area contributed by atoms with E-state index in [2.05, 4.69) is 15.6 Å². The average Bonchev–Trinajstić information content (AvgIpc) is 2.77. The Bertz CT molecular complexity index is 973. The second-order valence-electron chi connectivity index (χ2n) is 6.96. The molecule has 0 saturated heterocycles. The number of nitrogens with one attached hydrogen (secondary N) is 2. The van der Waals surface area contributed by atoms with Gasteiger partial charge in [-0.05, 0) is 30.0 Å². The van der Waals surface area contributed by atoms with Gasteiger partial charge in [0.05, 0.1) is 11.6 Å². The number of amides is 2. The Morgan fingerprint density at radius 2 is 1.83 bits per heavy atom. The lowest BCUT2D eigenvalue weighted by atomic mass is 10.1. The van der Waals surface area contributed by atoms with Gasteiger partial charge in [0, 0.05) is 24.7 Å². The molecule has 30 heavy (non-hydrogen) atoms. The molecule has 3 rings (SSSR count). The summed E-state index contributed by atoms with van der Waals surface area (Å²) in [6.45, 7) is 1.10. The number of pyridine rings is 1. The van der Waals surface area contributed by atoms with Gasteiger partial charge in [-0.15, -0.1) is 0 Å². The Kier molecular flexibility index (Phi) is 7.74. The summed E-state index contributed by atoms with van der Waals surface area (Å²) < 4.78 is 5.16. The van der Waals surface area contributed by atoms with Crippen molar-refractivity contribution in [1.29, 1.82) is 0 Å². The highest BCUT2D eigenvalue weighted by atomic mass is 16.5. The van der Waals surface area contributed by atoms with Crippen LogP contribution in [-0.2, 0) is 22.7 Å². The number of hydrogen-bond acceptors (Lipinski definition) is 5. The highest BCUT2D eigenvalue weighted by Crippen LogP contribution is 2.16. The Balaban J connectivity index is 1.41. The van der Waals surface area contributed by atoms with Crippen LogP contribution in [0.4, 0.5) is 4.79 Å². The normalized spacial score (nSPS) is 11.7. The van der Waals surface area contributed by atoms with Crippen LogP contribution in [0.15, 0.2) is 66.9 Å². The molecule has 0 aliphatic carbocycles. The third-order valence-electron chi connectivity index (χ3n) is 4.75. The summed E-state index contributed by atoms with van der Waals surface area (Å²) in [5.74, 6) is -0.421. The molecule has 0 aliphatic heterocycles. The lowest BCUT2D eigenvalue weighted by Gasteiger charge is -2.16. The number of ether oxygens (including phenoxy) is 1. The van der Waals surface area contributed by atoms with E-state index in [0.717, 1.165) is 22.0 Å². The first kappa shape index (κ1) is 21.3. The molecule has 4 N–H and O–H groups in total. The zero-order valence-electron chi connectivity index (χ0n) is 16.7. The highest BCUT2D eigenvalue weighted by molar-refractivity contribution is 5.82. The van der Waals surface area contributed by atoms with Crippen molar-refractivity contribution in [3.8, 4) is 0 Å². The maximum absolute atomic E-state index is 11.8. The van der Waals surface area contributed by atoms with Gasteiger partial charge >= 0.3 is 6.09 Å². The van der Waals surface area contributed by atoms with Crippen molar-refractivity contribution in [2.45, 2.75) is 32.0 Å². The van der Waals surface area contributed by atoms with E-state index in [1.165, 1.54) is 0 Å². The summed E-state index contributed by atoms with van der Waals surface area (Å²) in [6.07, 6.45) is 2.37. The number of carbonyl (C=O) groups excluding carboxylic acids is 2. The maximum atomic E-state index is 11.8. The number of primary amides is 1. The van der Waals surface area contributed by atoms with Crippen LogP contribution >= 0.6 is 0 Å². The predicted octanol–water partition coefficient (Wildman–Crippen LogP) is 2.88. The number of aromatic nitrogens is 1. The van der Waals surface area contributed by atoms with Crippen molar-refractivity contribution in [3.05, 3.63) is 78.0 Å². The summed E-state index contributed by atoms with van der Waals surface area (Å²) in [7, 11) is 0. The summed E-state index contributed by atoms with van der Waals surface area (Å²) in [5.41, 5.74) is 8.37. The first-order valence-electron chi connectivity index (χ1n) is 9.93. The van der Waals surface area contributed by atoms with Gasteiger partial charge in [0.25, 0.3) is 0 Å². The molecule has 3 aromatic rings. The fourth-order valence-electron chi connectivity index (χ4n) is 3.16. The topological polar surface area (TPSA) is 106 Å². The number of rotatable bonds is 10. The number of benzene rings is 2. The summed E-state index contributed by atoms with van der Waals surface area (Å²) in [6, 6.07) is 18.8. The molecule has 1 heterocycles. The van der Waals surface area contributed by atoms with Crippen molar-refractivity contribution >= 4 is 22.9 Å². The van der Waals surface area contributed by atoms with E-state index in [4.69, 9.17) is 10.5 Å². The maximum Gasteiger partial charge on any atom is 0.407 e. The summed E-state index contributed by atoms with van der Waals surface area (Å²) >= 11 is 0. The molecular weight excluding hydrogens is 380 g/mol. The Morgan fingerprint density at radius 3 is 2.63 bits per heavy atom. The second kappa shape index (κ2) is 10.9. The number of fused-ring (bicyclic) bond motifs is 1. The second-order valence-corrected chi connectivity index (χ2v) is 6.96. The molecule has 0 unspecified atom stereocenters.